The van der Waals surface area contributed by atoms with E-state index in [1.165, 1.54) is 0 Å². The second-order valence-electron chi connectivity index (χ2n) is 3.58. The molecule has 0 amide bonds. The number of hydrogen-bond acceptors (Lipinski definition) is 3. The highest BCUT2D eigenvalue weighted by molar-refractivity contribution is 6.28. The van der Waals surface area contributed by atoms with Crippen LogP contribution in [0.15, 0.2) is 0 Å². The summed E-state index contributed by atoms with van der Waals surface area (Å²) in [4.78, 5) is 11.3. The number of hydrogen-bond donors (Lipinski definition) is 0. The predicted molar refractivity (Wildman–Crippen MR) is 45.2 cm³/mol. The molecule has 1 heterocycles. The fraction of sp³-hybridized carbons (Fsp3) is 0.875. The molecule has 0 radical (unpaired) electrons. The molecule has 0 aromatic rings. The van der Waals surface area contributed by atoms with Crippen LogP contribution in [0.2, 0.25) is 0 Å². The van der Waals surface area contributed by atoms with Crippen LogP contribution in [0.5, 0.6) is 0 Å². The summed E-state index contributed by atoms with van der Waals surface area (Å²) in [6, 6.07) is 0. The summed E-state index contributed by atoms with van der Waals surface area (Å²) in [5.41, 5.74) is -0.856. The van der Waals surface area contributed by atoms with Crippen LogP contribution in [-0.4, -0.2) is 29.7 Å². The quantitative estimate of drug-likeness (QED) is 0.620. The zero-order valence-corrected chi connectivity index (χ0v) is 8.27. The molecular weight excluding hydrogens is 180 g/mol. The van der Waals surface area contributed by atoms with Crippen molar-refractivity contribution in [3.05, 3.63) is 0 Å². The van der Waals surface area contributed by atoms with Crippen LogP contribution < -0.4 is 0 Å². The minimum absolute atomic E-state index is 0.0318. The Balaban J connectivity index is 2.71. The van der Waals surface area contributed by atoms with Crippen molar-refractivity contribution in [3.63, 3.8) is 0 Å². The van der Waals surface area contributed by atoms with Gasteiger partial charge in [0.15, 0.2) is 17.2 Å². The summed E-state index contributed by atoms with van der Waals surface area (Å²) >= 11 is 5.43. The van der Waals surface area contributed by atoms with E-state index in [2.05, 4.69) is 0 Å². The summed E-state index contributed by atoms with van der Waals surface area (Å²) in [7, 11) is 0. The van der Waals surface area contributed by atoms with E-state index in [0.717, 1.165) is 0 Å². The molecule has 0 N–H and O–H groups in total. The SMILES string of the molecule is CC1(C)OCC(C)(C(=O)CCl)O1. The molecule has 0 spiro atoms. The monoisotopic (exact) mass is 192 g/mol. The fourth-order valence-electron chi connectivity index (χ4n) is 1.19. The molecule has 1 aliphatic rings. The molecule has 1 saturated heterocycles. The van der Waals surface area contributed by atoms with Gasteiger partial charge >= 0.3 is 0 Å². The van der Waals surface area contributed by atoms with Gasteiger partial charge in [0.2, 0.25) is 0 Å². The lowest BCUT2D eigenvalue weighted by Crippen LogP contribution is -2.40. The van der Waals surface area contributed by atoms with Crippen molar-refractivity contribution in [2.75, 3.05) is 12.5 Å². The largest absolute Gasteiger partial charge is 0.347 e. The Morgan fingerprint density at radius 2 is 2.08 bits per heavy atom. The van der Waals surface area contributed by atoms with Gasteiger partial charge in [-0.05, 0) is 20.8 Å². The third-order valence-corrected chi connectivity index (χ3v) is 2.12. The molecule has 0 aromatic heterocycles. The van der Waals surface area contributed by atoms with Gasteiger partial charge in [-0.3, -0.25) is 4.79 Å². The molecule has 1 unspecified atom stereocenters. The fourth-order valence-corrected chi connectivity index (χ4v) is 1.47. The number of ether oxygens (including phenoxy) is 2. The first-order valence-corrected chi connectivity index (χ1v) is 4.36. The number of carbonyl (C=O) groups excluding carboxylic acids is 1. The van der Waals surface area contributed by atoms with Gasteiger partial charge in [-0.1, -0.05) is 0 Å². The molecule has 0 bridgehead atoms. The van der Waals surface area contributed by atoms with Crippen LogP contribution in [0.4, 0.5) is 0 Å². The van der Waals surface area contributed by atoms with Crippen LogP contribution in [0, 0.1) is 0 Å². The lowest BCUT2D eigenvalue weighted by Gasteiger charge is -2.22. The summed E-state index contributed by atoms with van der Waals surface area (Å²) in [5.74, 6) is -0.832. The summed E-state index contributed by atoms with van der Waals surface area (Å²) in [6.45, 7) is 5.54. The van der Waals surface area contributed by atoms with Crippen LogP contribution in [-0.2, 0) is 14.3 Å². The van der Waals surface area contributed by atoms with Gasteiger partial charge in [-0.15, -0.1) is 11.6 Å². The molecule has 1 rings (SSSR count). The molecule has 4 heteroatoms. The number of rotatable bonds is 2. The van der Waals surface area contributed by atoms with Gasteiger partial charge < -0.3 is 9.47 Å². The standard InChI is InChI=1S/C8H13ClO3/c1-7(2)11-5-8(3,12-7)6(10)4-9/h4-5H2,1-3H3. The number of alkyl halides is 1. The minimum atomic E-state index is -0.856. The Kier molecular flexibility index (Phi) is 2.47. The minimum Gasteiger partial charge on any atom is -0.347 e. The normalized spacial score (nSPS) is 33.7. The number of halogens is 1. The van der Waals surface area contributed by atoms with E-state index >= 15 is 0 Å². The predicted octanol–water partition coefficient (Wildman–Crippen LogP) is 1.34. The zero-order chi connectivity index (χ0) is 9.41. The van der Waals surface area contributed by atoms with Crippen molar-refractivity contribution in [1.29, 1.82) is 0 Å². The van der Waals surface area contributed by atoms with Gasteiger partial charge in [0.1, 0.15) is 0 Å². The molecule has 0 saturated carbocycles. The average molecular weight is 193 g/mol. The highest BCUT2D eigenvalue weighted by Gasteiger charge is 2.46. The maximum absolute atomic E-state index is 11.3. The van der Waals surface area contributed by atoms with Gasteiger partial charge in [0.05, 0.1) is 12.5 Å². The molecule has 0 aliphatic carbocycles. The Morgan fingerprint density at radius 3 is 2.42 bits per heavy atom. The maximum atomic E-state index is 11.3. The second kappa shape index (κ2) is 2.98. The second-order valence-corrected chi connectivity index (χ2v) is 3.85. The third-order valence-electron chi connectivity index (χ3n) is 1.88. The van der Waals surface area contributed by atoms with E-state index < -0.39 is 11.4 Å². The number of carbonyl (C=O) groups is 1. The average Bonchev–Trinajstić information content (AvgIpc) is 2.25. The first-order chi connectivity index (χ1) is 5.40. The topological polar surface area (TPSA) is 35.5 Å². The van der Waals surface area contributed by atoms with E-state index in [0.29, 0.717) is 0 Å². The van der Waals surface area contributed by atoms with E-state index in [4.69, 9.17) is 21.1 Å². The van der Waals surface area contributed by atoms with E-state index in [-0.39, 0.29) is 18.3 Å². The molecule has 1 atom stereocenters. The lowest BCUT2D eigenvalue weighted by molar-refractivity contribution is -0.167. The Labute approximate surface area is 77.0 Å². The van der Waals surface area contributed by atoms with Crippen molar-refractivity contribution in [3.8, 4) is 0 Å². The van der Waals surface area contributed by atoms with Crippen molar-refractivity contribution in [2.24, 2.45) is 0 Å². The van der Waals surface area contributed by atoms with Gasteiger partial charge in [-0.25, -0.2) is 0 Å². The maximum Gasteiger partial charge on any atom is 0.181 e. The van der Waals surface area contributed by atoms with E-state index in [1.807, 2.05) is 0 Å². The lowest BCUT2D eigenvalue weighted by atomic mass is 10.0. The van der Waals surface area contributed by atoms with Crippen LogP contribution in [0.1, 0.15) is 20.8 Å². The Bertz CT molecular complexity index is 202. The molecule has 0 aromatic carbocycles. The molecule has 1 aliphatic heterocycles. The molecular formula is C8H13ClO3. The Hall–Kier alpha value is -0.120. The van der Waals surface area contributed by atoms with E-state index in [1.54, 1.807) is 20.8 Å². The van der Waals surface area contributed by atoms with Gasteiger partial charge in [-0.2, -0.15) is 0 Å². The van der Waals surface area contributed by atoms with Crippen LogP contribution in [0.25, 0.3) is 0 Å². The van der Waals surface area contributed by atoms with Crippen molar-refractivity contribution in [2.45, 2.75) is 32.2 Å². The smallest absolute Gasteiger partial charge is 0.181 e. The Morgan fingerprint density at radius 1 is 1.50 bits per heavy atom. The third kappa shape index (κ3) is 1.79. The van der Waals surface area contributed by atoms with Crippen molar-refractivity contribution < 1.29 is 14.3 Å². The first kappa shape index (κ1) is 9.96. The first-order valence-electron chi connectivity index (χ1n) is 3.83. The van der Waals surface area contributed by atoms with Crippen LogP contribution >= 0.6 is 11.6 Å². The van der Waals surface area contributed by atoms with Crippen LogP contribution in [0.3, 0.4) is 0 Å². The van der Waals surface area contributed by atoms with Gasteiger partial charge in [0.25, 0.3) is 0 Å². The molecule has 70 valence electrons. The summed E-state index contributed by atoms with van der Waals surface area (Å²) in [6.07, 6.45) is 0. The summed E-state index contributed by atoms with van der Waals surface area (Å²) in [5, 5.41) is 0. The van der Waals surface area contributed by atoms with Crippen molar-refractivity contribution >= 4 is 17.4 Å². The molecule has 3 nitrogen and oxygen atoms in total. The van der Waals surface area contributed by atoms with Gasteiger partial charge in [0, 0.05) is 0 Å². The number of ketones is 1. The van der Waals surface area contributed by atoms with E-state index in [9.17, 15) is 4.79 Å². The number of Topliss-reactive ketones (excluding diaryl/α,β-unsaturated/α-hetero) is 1. The highest BCUT2D eigenvalue weighted by atomic mass is 35.5. The molecule has 1 fully saturated rings. The summed E-state index contributed by atoms with van der Waals surface area (Å²) < 4.78 is 10.7. The highest BCUT2D eigenvalue weighted by Crippen LogP contribution is 2.31. The molecule has 12 heavy (non-hydrogen) atoms. The zero-order valence-electron chi connectivity index (χ0n) is 7.52. The van der Waals surface area contributed by atoms with Crippen molar-refractivity contribution in [1.82, 2.24) is 0 Å².